The Hall–Kier alpha value is -2.28. The van der Waals surface area contributed by atoms with Crippen molar-refractivity contribution >= 4 is 17.5 Å². The van der Waals surface area contributed by atoms with Crippen LogP contribution in [0.4, 0.5) is 0 Å². The number of rotatable bonds is 7. The number of carbonyl (C=O) groups is 1. The Morgan fingerprint density at radius 3 is 2.76 bits per heavy atom. The summed E-state index contributed by atoms with van der Waals surface area (Å²) in [6.45, 7) is 11.4. The Labute approximate surface area is 207 Å². The fourth-order valence-corrected chi connectivity index (χ4v) is 4.82. The lowest BCUT2D eigenvalue weighted by molar-refractivity contribution is -0.151. The molecule has 0 aromatic heterocycles. The van der Waals surface area contributed by atoms with Gasteiger partial charge in [-0.25, -0.2) is 0 Å². The van der Waals surface area contributed by atoms with Gasteiger partial charge in [0.05, 0.1) is 24.8 Å². The van der Waals surface area contributed by atoms with Gasteiger partial charge in [-0.15, -0.1) is 0 Å². The van der Waals surface area contributed by atoms with E-state index in [2.05, 4.69) is 49.9 Å². The number of fused-ring (bicyclic) bond motifs is 1. The minimum Gasteiger partial charge on any atom is -0.489 e. The van der Waals surface area contributed by atoms with Crippen LogP contribution in [0.3, 0.4) is 0 Å². The van der Waals surface area contributed by atoms with Crippen LogP contribution in [0.25, 0.3) is 0 Å². The highest BCUT2D eigenvalue weighted by Gasteiger charge is 2.31. The zero-order chi connectivity index (χ0) is 24.1. The normalized spacial score (nSPS) is 18.6. The number of amides is 1. The molecule has 2 aliphatic rings. The molecule has 1 atom stereocenters. The van der Waals surface area contributed by atoms with Gasteiger partial charge in [-0.3, -0.25) is 9.69 Å². The molecule has 184 valence electrons. The fourth-order valence-electron chi connectivity index (χ4n) is 4.54. The van der Waals surface area contributed by atoms with Gasteiger partial charge in [0.2, 0.25) is 0 Å². The molecule has 2 aliphatic heterocycles. The molecule has 1 unspecified atom stereocenters. The number of morpholine rings is 1. The Morgan fingerprint density at radius 2 is 1.97 bits per heavy atom. The van der Waals surface area contributed by atoms with Crippen LogP contribution in [0.15, 0.2) is 36.4 Å². The van der Waals surface area contributed by atoms with E-state index >= 15 is 0 Å². The third-order valence-electron chi connectivity index (χ3n) is 6.05. The van der Waals surface area contributed by atoms with Crippen molar-refractivity contribution in [3.8, 4) is 11.5 Å². The van der Waals surface area contributed by atoms with Crippen molar-refractivity contribution in [2.75, 3.05) is 39.5 Å². The molecule has 0 radical (unpaired) electrons. The number of aryl methyl sites for hydroxylation is 1. The zero-order valence-corrected chi connectivity index (χ0v) is 21.1. The van der Waals surface area contributed by atoms with Crippen molar-refractivity contribution < 1.29 is 19.0 Å². The molecule has 0 bridgehead atoms. The van der Waals surface area contributed by atoms with Crippen molar-refractivity contribution in [3.05, 3.63) is 58.1 Å². The first-order chi connectivity index (χ1) is 16.4. The topological polar surface area (TPSA) is 51.2 Å². The maximum absolute atomic E-state index is 13.6. The molecule has 34 heavy (non-hydrogen) atoms. The SMILES string of the molecule is Cc1cccc(CN2CCOC(C(=O)N(Cc3cc(Cl)c4c(c3)OCCCO4)CC(C)C)C2)c1. The van der Waals surface area contributed by atoms with Gasteiger partial charge in [-0.05, 0) is 36.1 Å². The lowest BCUT2D eigenvalue weighted by Crippen LogP contribution is -2.51. The van der Waals surface area contributed by atoms with Crippen LogP contribution < -0.4 is 9.47 Å². The number of benzene rings is 2. The molecule has 0 saturated carbocycles. The van der Waals surface area contributed by atoms with Gasteiger partial charge in [0, 0.05) is 39.1 Å². The molecule has 0 spiro atoms. The standard InChI is InChI=1S/C27H35ClN2O4/c1-19(2)15-30(17-22-13-23(28)26-24(14-22)32-9-5-10-34-26)27(31)25-18-29(8-11-33-25)16-21-7-4-6-20(3)12-21/h4,6-7,12-14,19,25H,5,8-11,15-18H2,1-3H3. The zero-order valence-electron chi connectivity index (χ0n) is 20.4. The maximum atomic E-state index is 13.6. The summed E-state index contributed by atoms with van der Waals surface area (Å²) in [6.07, 6.45) is 0.337. The van der Waals surface area contributed by atoms with Crippen LogP contribution in [0.1, 0.15) is 37.0 Å². The lowest BCUT2D eigenvalue weighted by Gasteiger charge is -2.35. The molecule has 4 rings (SSSR count). The molecule has 1 amide bonds. The summed E-state index contributed by atoms with van der Waals surface area (Å²) in [5.41, 5.74) is 3.43. The Balaban J connectivity index is 1.47. The second-order valence-corrected chi connectivity index (χ2v) is 10.1. The molecule has 0 N–H and O–H groups in total. The summed E-state index contributed by atoms with van der Waals surface area (Å²) >= 11 is 6.50. The van der Waals surface area contributed by atoms with Crippen LogP contribution in [0.5, 0.6) is 11.5 Å². The first-order valence-corrected chi connectivity index (χ1v) is 12.5. The van der Waals surface area contributed by atoms with Gasteiger partial charge in [-0.2, -0.15) is 0 Å². The minimum absolute atomic E-state index is 0.0193. The van der Waals surface area contributed by atoms with Crippen molar-refractivity contribution in [2.24, 2.45) is 5.92 Å². The van der Waals surface area contributed by atoms with Gasteiger partial charge < -0.3 is 19.1 Å². The van der Waals surface area contributed by atoms with Crippen LogP contribution in [0.2, 0.25) is 5.02 Å². The molecular weight excluding hydrogens is 452 g/mol. The largest absolute Gasteiger partial charge is 0.489 e. The predicted molar refractivity (Wildman–Crippen MR) is 134 cm³/mol. The molecular formula is C27H35ClN2O4. The first-order valence-electron chi connectivity index (χ1n) is 12.2. The van der Waals surface area contributed by atoms with Gasteiger partial charge in [0.25, 0.3) is 5.91 Å². The average molecular weight is 487 g/mol. The van der Waals surface area contributed by atoms with E-state index < -0.39 is 6.10 Å². The molecule has 6 nitrogen and oxygen atoms in total. The van der Waals surface area contributed by atoms with Crippen molar-refractivity contribution in [1.82, 2.24) is 9.80 Å². The first kappa shape index (κ1) is 24.8. The summed E-state index contributed by atoms with van der Waals surface area (Å²) in [6, 6.07) is 12.3. The second kappa shape index (κ2) is 11.4. The Bertz CT molecular complexity index is 997. The van der Waals surface area contributed by atoms with E-state index in [4.69, 9.17) is 25.8 Å². The Morgan fingerprint density at radius 1 is 1.15 bits per heavy atom. The van der Waals surface area contributed by atoms with Gasteiger partial charge >= 0.3 is 0 Å². The molecule has 2 aromatic rings. The van der Waals surface area contributed by atoms with E-state index in [-0.39, 0.29) is 5.91 Å². The van der Waals surface area contributed by atoms with Gasteiger partial charge in [0.15, 0.2) is 11.5 Å². The third kappa shape index (κ3) is 6.44. The minimum atomic E-state index is -0.479. The monoisotopic (exact) mass is 486 g/mol. The lowest BCUT2D eigenvalue weighted by atomic mass is 10.1. The van der Waals surface area contributed by atoms with Crippen LogP contribution >= 0.6 is 11.6 Å². The highest BCUT2D eigenvalue weighted by atomic mass is 35.5. The number of nitrogens with zero attached hydrogens (tertiary/aromatic N) is 2. The van der Waals surface area contributed by atoms with E-state index in [1.54, 1.807) is 0 Å². The molecule has 1 fully saturated rings. The predicted octanol–water partition coefficient (Wildman–Crippen LogP) is 4.70. The molecule has 0 aliphatic carbocycles. The number of carbonyl (C=O) groups excluding carboxylic acids is 1. The fraction of sp³-hybridized carbons (Fsp3) is 0.519. The number of ether oxygens (including phenoxy) is 3. The molecule has 1 saturated heterocycles. The molecule has 2 aromatic carbocycles. The third-order valence-corrected chi connectivity index (χ3v) is 6.33. The van der Waals surface area contributed by atoms with Gasteiger partial charge in [0.1, 0.15) is 6.10 Å². The summed E-state index contributed by atoms with van der Waals surface area (Å²) < 4.78 is 17.6. The maximum Gasteiger partial charge on any atom is 0.253 e. The van der Waals surface area contributed by atoms with Crippen molar-refractivity contribution in [3.63, 3.8) is 0 Å². The molecule has 2 heterocycles. The second-order valence-electron chi connectivity index (χ2n) is 9.65. The van der Waals surface area contributed by atoms with E-state index in [0.717, 1.165) is 25.1 Å². The Kier molecular flexibility index (Phi) is 8.35. The molecule has 7 heteroatoms. The van der Waals surface area contributed by atoms with Crippen LogP contribution in [0, 0.1) is 12.8 Å². The van der Waals surface area contributed by atoms with Crippen molar-refractivity contribution in [1.29, 1.82) is 0 Å². The van der Waals surface area contributed by atoms with Crippen LogP contribution in [-0.4, -0.2) is 61.3 Å². The van der Waals surface area contributed by atoms with E-state index in [1.807, 2.05) is 17.0 Å². The van der Waals surface area contributed by atoms with Crippen molar-refractivity contribution in [2.45, 2.75) is 46.4 Å². The van der Waals surface area contributed by atoms with E-state index in [0.29, 0.717) is 61.9 Å². The number of hydrogen-bond donors (Lipinski definition) is 0. The van der Waals surface area contributed by atoms with Crippen LogP contribution in [-0.2, 0) is 22.6 Å². The van der Waals surface area contributed by atoms with Gasteiger partial charge in [-0.1, -0.05) is 55.3 Å². The summed E-state index contributed by atoms with van der Waals surface area (Å²) in [4.78, 5) is 17.8. The quantitative estimate of drug-likeness (QED) is 0.568. The average Bonchev–Trinajstić information content (AvgIpc) is 3.04. The highest BCUT2D eigenvalue weighted by Crippen LogP contribution is 2.38. The summed E-state index contributed by atoms with van der Waals surface area (Å²) in [5.74, 6) is 1.58. The van der Waals surface area contributed by atoms with E-state index in [1.165, 1.54) is 11.1 Å². The van der Waals surface area contributed by atoms with E-state index in [9.17, 15) is 4.79 Å². The summed E-state index contributed by atoms with van der Waals surface area (Å²) in [5, 5.41) is 0.518. The number of hydrogen-bond acceptors (Lipinski definition) is 5. The number of halogens is 1. The highest BCUT2D eigenvalue weighted by molar-refractivity contribution is 6.32. The smallest absolute Gasteiger partial charge is 0.253 e. The summed E-state index contributed by atoms with van der Waals surface area (Å²) in [7, 11) is 0.